The van der Waals surface area contributed by atoms with E-state index < -0.39 is 0 Å². The van der Waals surface area contributed by atoms with Crippen molar-refractivity contribution in [1.29, 1.82) is 0 Å². The van der Waals surface area contributed by atoms with Crippen molar-refractivity contribution in [3.05, 3.63) is 24.3 Å². The van der Waals surface area contributed by atoms with Gasteiger partial charge in [0, 0.05) is 25.4 Å². The molecule has 2 amide bonds. The normalized spacial score (nSPS) is 9.81. The van der Waals surface area contributed by atoms with E-state index in [9.17, 15) is 9.59 Å². The van der Waals surface area contributed by atoms with E-state index in [1.54, 1.807) is 18.2 Å². The molecule has 116 valence electrons. The zero-order valence-corrected chi connectivity index (χ0v) is 12.6. The van der Waals surface area contributed by atoms with Gasteiger partial charge in [0.25, 0.3) is 5.91 Å². The van der Waals surface area contributed by atoms with E-state index in [2.05, 4.69) is 10.6 Å². The Hall–Kier alpha value is -1.95. The van der Waals surface area contributed by atoms with Gasteiger partial charge < -0.3 is 20.1 Å². The van der Waals surface area contributed by atoms with Crippen LogP contribution < -0.4 is 20.1 Å². The first-order valence-electron chi connectivity index (χ1n) is 6.52. The molecular formula is C14H19ClN2O4. The Morgan fingerprint density at radius 1 is 1.10 bits per heavy atom. The van der Waals surface area contributed by atoms with E-state index in [4.69, 9.17) is 21.1 Å². The summed E-state index contributed by atoms with van der Waals surface area (Å²) in [5.74, 6) is 0.950. The van der Waals surface area contributed by atoms with Crippen molar-refractivity contribution in [3.8, 4) is 11.5 Å². The number of halogens is 1. The van der Waals surface area contributed by atoms with Crippen LogP contribution in [0.15, 0.2) is 24.3 Å². The fraction of sp³-hybridized carbons (Fsp3) is 0.429. The van der Waals surface area contributed by atoms with Crippen LogP contribution in [-0.2, 0) is 9.59 Å². The molecule has 21 heavy (non-hydrogen) atoms. The quantitative estimate of drug-likeness (QED) is 0.525. The first kappa shape index (κ1) is 17.1. The second-order valence-electron chi connectivity index (χ2n) is 4.08. The smallest absolute Gasteiger partial charge is 0.258 e. The molecule has 1 aromatic rings. The molecule has 0 aliphatic carbocycles. The van der Waals surface area contributed by atoms with Gasteiger partial charge in [0.05, 0.1) is 7.11 Å². The van der Waals surface area contributed by atoms with Crippen molar-refractivity contribution >= 4 is 23.4 Å². The van der Waals surface area contributed by atoms with Gasteiger partial charge in [-0.3, -0.25) is 9.59 Å². The Morgan fingerprint density at radius 2 is 1.71 bits per heavy atom. The van der Waals surface area contributed by atoms with Crippen LogP contribution in [0.25, 0.3) is 0 Å². The minimum atomic E-state index is -0.271. The Kier molecular flexibility index (Phi) is 8.04. The van der Waals surface area contributed by atoms with Crippen LogP contribution >= 0.6 is 11.6 Å². The first-order valence-corrected chi connectivity index (χ1v) is 7.06. The number of nitrogens with one attached hydrogen (secondary N) is 2. The molecule has 2 N–H and O–H groups in total. The van der Waals surface area contributed by atoms with E-state index in [0.29, 0.717) is 24.6 Å². The van der Waals surface area contributed by atoms with Crippen molar-refractivity contribution in [2.45, 2.75) is 6.42 Å². The number of para-hydroxylation sites is 2. The van der Waals surface area contributed by atoms with Gasteiger partial charge in [-0.2, -0.15) is 0 Å². The number of ether oxygens (including phenoxy) is 2. The zero-order chi connectivity index (χ0) is 15.5. The highest BCUT2D eigenvalue weighted by atomic mass is 35.5. The third-order valence-electron chi connectivity index (χ3n) is 2.52. The molecule has 0 atom stereocenters. The number of carbonyl (C=O) groups is 2. The van der Waals surface area contributed by atoms with Crippen molar-refractivity contribution < 1.29 is 19.1 Å². The van der Waals surface area contributed by atoms with E-state index in [1.165, 1.54) is 7.11 Å². The minimum absolute atomic E-state index is 0.115. The molecule has 0 saturated carbocycles. The molecule has 0 aromatic heterocycles. The van der Waals surface area contributed by atoms with Gasteiger partial charge in [-0.25, -0.2) is 0 Å². The summed E-state index contributed by atoms with van der Waals surface area (Å²) in [6.07, 6.45) is 0.270. The second-order valence-corrected chi connectivity index (χ2v) is 4.46. The average molecular weight is 315 g/mol. The van der Waals surface area contributed by atoms with Gasteiger partial charge in [-0.1, -0.05) is 12.1 Å². The van der Waals surface area contributed by atoms with Gasteiger partial charge in [-0.15, -0.1) is 11.6 Å². The van der Waals surface area contributed by atoms with Gasteiger partial charge in [0.1, 0.15) is 0 Å². The number of methoxy groups -OCH3 is 1. The van der Waals surface area contributed by atoms with Crippen molar-refractivity contribution in [2.75, 3.05) is 32.7 Å². The molecule has 0 bridgehead atoms. The molecule has 0 unspecified atom stereocenters. The van der Waals surface area contributed by atoms with E-state index in [1.807, 2.05) is 6.07 Å². The fourth-order valence-corrected chi connectivity index (χ4v) is 1.68. The fourth-order valence-electron chi connectivity index (χ4n) is 1.51. The Morgan fingerprint density at radius 3 is 2.33 bits per heavy atom. The molecule has 0 fully saturated rings. The lowest BCUT2D eigenvalue weighted by molar-refractivity contribution is -0.124. The van der Waals surface area contributed by atoms with Crippen molar-refractivity contribution in [1.82, 2.24) is 10.6 Å². The highest BCUT2D eigenvalue weighted by Gasteiger charge is 2.06. The molecule has 6 nitrogen and oxygen atoms in total. The molecule has 7 heteroatoms. The molecular weight excluding hydrogens is 296 g/mol. The number of alkyl halides is 1. The Bertz CT molecular complexity index is 468. The van der Waals surface area contributed by atoms with E-state index in [-0.39, 0.29) is 30.7 Å². The van der Waals surface area contributed by atoms with Gasteiger partial charge in [0.2, 0.25) is 5.91 Å². The Balaban J connectivity index is 2.21. The predicted octanol–water partition coefficient (Wildman–Crippen LogP) is 0.935. The highest BCUT2D eigenvalue weighted by Crippen LogP contribution is 2.25. The molecule has 0 spiro atoms. The number of benzene rings is 1. The molecule has 0 saturated heterocycles. The summed E-state index contributed by atoms with van der Waals surface area (Å²) in [5, 5.41) is 5.27. The largest absolute Gasteiger partial charge is 0.493 e. The summed E-state index contributed by atoms with van der Waals surface area (Å²) >= 11 is 5.43. The van der Waals surface area contributed by atoms with Crippen LogP contribution in [0.3, 0.4) is 0 Å². The standard InChI is InChI=1S/C14H19ClN2O4/c1-20-11-4-2-3-5-12(11)21-10-14(19)17-9-8-16-13(18)6-7-15/h2-5H,6-10H2,1H3,(H,16,18)(H,17,19). The maximum absolute atomic E-state index is 11.6. The predicted molar refractivity (Wildman–Crippen MR) is 79.8 cm³/mol. The first-order chi connectivity index (χ1) is 10.2. The molecule has 1 aromatic carbocycles. The van der Waals surface area contributed by atoms with Crippen LogP contribution in [0.4, 0.5) is 0 Å². The summed E-state index contributed by atoms with van der Waals surface area (Å²) in [6.45, 7) is 0.578. The summed E-state index contributed by atoms with van der Waals surface area (Å²) in [7, 11) is 1.53. The van der Waals surface area contributed by atoms with Crippen molar-refractivity contribution in [2.24, 2.45) is 0 Å². The summed E-state index contributed by atoms with van der Waals surface area (Å²) in [5.41, 5.74) is 0. The summed E-state index contributed by atoms with van der Waals surface area (Å²) in [6, 6.07) is 7.08. The monoisotopic (exact) mass is 314 g/mol. The maximum atomic E-state index is 11.6. The number of carbonyl (C=O) groups excluding carboxylic acids is 2. The van der Waals surface area contributed by atoms with Gasteiger partial charge >= 0.3 is 0 Å². The minimum Gasteiger partial charge on any atom is -0.493 e. The maximum Gasteiger partial charge on any atom is 0.258 e. The van der Waals surface area contributed by atoms with E-state index >= 15 is 0 Å². The Labute approximate surface area is 128 Å². The van der Waals surface area contributed by atoms with Crippen molar-refractivity contribution in [3.63, 3.8) is 0 Å². The zero-order valence-electron chi connectivity index (χ0n) is 11.9. The van der Waals surface area contributed by atoms with Crippen LogP contribution in [-0.4, -0.2) is 44.5 Å². The molecule has 0 aliphatic rings. The van der Waals surface area contributed by atoms with Crippen LogP contribution in [0.2, 0.25) is 0 Å². The molecule has 0 radical (unpaired) electrons. The number of hydrogen-bond acceptors (Lipinski definition) is 4. The molecule has 1 rings (SSSR count). The van der Waals surface area contributed by atoms with E-state index in [0.717, 1.165) is 0 Å². The third kappa shape index (κ3) is 6.85. The second kappa shape index (κ2) is 9.88. The SMILES string of the molecule is COc1ccccc1OCC(=O)NCCNC(=O)CCCl. The van der Waals surface area contributed by atoms with Gasteiger partial charge in [0.15, 0.2) is 18.1 Å². The van der Waals surface area contributed by atoms with Crippen LogP contribution in [0.1, 0.15) is 6.42 Å². The lowest BCUT2D eigenvalue weighted by atomic mass is 10.3. The third-order valence-corrected chi connectivity index (χ3v) is 2.71. The van der Waals surface area contributed by atoms with Gasteiger partial charge in [-0.05, 0) is 12.1 Å². The topological polar surface area (TPSA) is 76.7 Å². The summed E-state index contributed by atoms with van der Waals surface area (Å²) < 4.78 is 10.5. The summed E-state index contributed by atoms with van der Waals surface area (Å²) in [4.78, 5) is 22.7. The highest BCUT2D eigenvalue weighted by molar-refractivity contribution is 6.18. The number of rotatable bonds is 9. The lowest BCUT2D eigenvalue weighted by Crippen LogP contribution is -2.36. The molecule has 0 aliphatic heterocycles. The lowest BCUT2D eigenvalue weighted by Gasteiger charge is -2.10. The number of hydrogen-bond donors (Lipinski definition) is 2. The average Bonchev–Trinajstić information content (AvgIpc) is 2.50. The molecule has 0 heterocycles. The number of amides is 2. The van der Waals surface area contributed by atoms with Crippen LogP contribution in [0.5, 0.6) is 11.5 Å². The van der Waals surface area contributed by atoms with Crippen LogP contribution in [0, 0.1) is 0 Å².